The Kier molecular flexibility index (Phi) is 12.5. The molecule has 0 bridgehead atoms. The summed E-state index contributed by atoms with van der Waals surface area (Å²) in [7, 11) is 0. The molecule has 3 aliphatic rings. The molecule has 4 unspecified atom stereocenters. The van der Waals surface area contributed by atoms with Crippen LogP contribution in [-0.4, -0.2) is 37.4 Å². The molecular formula is C35H62O3S2. The van der Waals surface area contributed by atoms with Crippen LogP contribution in [0, 0.1) is 10.8 Å². The molecule has 0 saturated carbocycles. The molecule has 2 saturated heterocycles. The van der Waals surface area contributed by atoms with Crippen molar-refractivity contribution in [3.8, 4) is 0 Å². The van der Waals surface area contributed by atoms with Gasteiger partial charge in [-0.2, -0.15) is 0 Å². The molecule has 0 amide bonds. The second-order valence-corrected chi connectivity index (χ2v) is 17.9. The lowest BCUT2D eigenvalue weighted by Crippen LogP contribution is -2.50. The molecule has 1 N–H and O–H groups in total. The van der Waals surface area contributed by atoms with Gasteiger partial charge in [0, 0.05) is 16.4 Å². The lowest BCUT2D eigenvalue weighted by molar-refractivity contribution is -0.143. The third-order valence-corrected chi connectivity index (χ3v) is 13.5. The number of carbonyl (C=O) groups excluding carboxylic acids is 1. The van der Waals surface area contributed by atoms with E-state index in [1.807, 2.05) is 11.8 Å². The molecule has 0 aromatic rings. The van der Waals surface area contributed by atoms with E-state index in [1.54, 1.807) is 11.8 Å². The zero-order valence-corrected chi connectivity index (χ0v) is 28.8. The predicted molar refractivity (Wildman–Crippen MR) is 176 cm³/mol. The standard InChI is InChI=1S/C35H62O3S2/c1-8-9-10-11-12-13-14-15-16-17-18-19-20-21-22-23-26-38-29(36)24-25-33-27-28(31(2,3)4)35(37)34(40-35,30(33)39-33)32(5,6)7/h27,30,37H,8-26H2,1-7H3. The van der Waals surface area contributed by atoms with Crippen LogP contribution in [0.4, 0.5) is 0 Å². The average Bonchev–Trinajstić information content (AvgIpc) is 3.75. The molecular weight excluding hydrogens is 533 g/mol. The second-order valence-electron chi connectivity index (χ2n) is 15.0. The van der Waals surface area contributed by atoms with Crippen LogP contribution in [0.1, 0.15) is 164 Å². The van der Waals surface area contributed by atoms with Crippen LogP contribution in [0.5, 0.6) is 0 Å². The van der Waals surface area contributed by atoms with Crippen LogP contribution in [0.15, 0.2) is 11.6 Å². The van der Waals surface area contributed by atoms with E-state index < -0.39 is 4.93 Å². The molecule has 0 aromatic carbocycles. The van der Waals surface area contributed by atoms with Crippen molar-refractivity contribution in [1.82, 2.24) is 0 Å². The van der Waals surface area contributed by atoms with Gasteiger partial charge in [0.1, 0.15) is 4.93 Å². The number of unbranched alkanes of at least 4 members (excludes halogenated alkanes) is 15. The van der Waals surface area contributed by atoms with Crippen LogP contribution >= 0.6 is 23.5 Å². The molecule has 0 spiro atoms. The summed E-state index contributed by atoms with van der Waals surface area (Å²) >= 11 is 3.73. The van der Waals surface area contributed by atoms with E-state index in [4.69, 9.17) is 4.74 Å². The number of esters is 1. The highest BCUT2D eigenvalue weighted by molar-refractivity contribution is 8.14. The van der Waals surface area contributed by atoms with E-state index in [9.17, 15) is 9.90 Å². The number of ether oxygens (including phenoxy) is 1. The fraction of sp³-hybridized carbons (Fsp3) is 0.914. The Morgan fingerprint density at radius 2 is 1.30 bits per heavy atom. The molecule has 2 fully saturated rings. The first-order valence-corrected chi connectivity index (χ1v) is 18.5. The zero-order valence-electron chi connectivity index (χ0n) is 27.2. The van der Waals surface area contributed by atoms with E-state index >= 15 is 0 Å². The number of aliphatic hydroxyl groups is 1. The number of thioether (sulfide) groups is 2. The SMILES string of the molecule is CCCCCCCCCCCCCCCCCCOC(=O)CCC12C=C(C(C)(C)C)C3(O)SC3(C(C)(C)C)C1S2. The summed E-state index contributed by atoms with van der Waals surface area (Å²) < 4.78 is 5.44. The summed E-state index contributed by atoms with van der Waals surface area (Å²) in [6, 6.07) is 0. The van der Waals surface area contributed by atoms with Gasteiger partial charge < -0.3 is 9.84 Å². The first kappa shape index (κ1) is 34.4. The van der Waals surface area contributed by atoms with Crippen molar-refractivity contribution in [2.24, 2.45) is 10.8 Å². The van der Waals surface area contributed by atoms with Gasteiger partial charge in [0.15, 0.2) is 0 Å². The van der Waals surface area contributed by atoms with Crippen molar-refractivity contribution in [2.75, 3.05) is 6.61 Å². The maximum Gasteiger partial charge on any atom is 0.305 e. The molecule has 0 aromatic heterocycles. The highest BCUT2D eigenvalue weighted by Gasteiger charge is 2.87. The first-order chi connectivity index (χ1) is 18.8. The molecule has 4 atom stereocenters. The summed E-state index contributed by atoms with van der Waals surface area (Å²) in [6.07, 6.45) is 25.2. The summed E-state index contributed by atoms with van der Waals surface area (Å²) in [5.41, 5.74) is 1.05. The van der Waals surface area contributed by atoms with Gasteiger partial charge in [0.2, 0.25) is 0 Å². The number of rotatable bonds is 20. The van der Waals surface area contributed by atoms with Gasteiger partial charge >= 0.3 is 5.97 Å². The van der Waals surface area contributed by atoms with E-state index in [-0.39, 0.29) is 26.3 Å². The molecule has 2 aliphatic heterocycles. The van der Waals surface area contributed by atoms with Crippen LogP contribution < -0.4 is 0 Å². The maximum atomic E-state index is 12.6. The van der Waals surface area contributed by atoms with E-state index in [0.717, 1.165) is 24.8 Å². The van der Waals surface area contributed by atoms with Crippen LogP contribution in [0.2, 0.25) is 0 Å². The Morgan fingerprint density at radius 3 is 1.75 bits per heavy atom. The molecule has 0 radical (unpaired) electrons. The zero-order chi connectivity index (χ0) is 29.5. The summed E-state index contributed by atoms with van der Waals surface area (Å²) in [4.78, 5) is 11.8. The topological polar surface area (TPSA) is 46.5 Å². The smallest absolute Gasteiger partial charge is 0.305 e. The molecule has 3 nitrogen and oxygen atoms in total. The second kappa shape index (κ2) is 14.6. The van der Waals surface area contributed by atoms with Gasteiger partial charge in [-0.05, 0) is 29.2 Å². The van der Waals surface area contributed by atoms with Crippen LogP contribution in [-0.2, 0) is 9.53 Å². The lowest BCUT2D eigenvalue weighted by atomic mass is 9.63. The van der Waals surface area contributed by atoms with Gasteiger partial charge in [-0.15, -0.1) is 23.5 Å². The third kappa shape index (κ3) is 8.28. The predicted octanol–water partition coefficient (Wildman–Crippen LogP) is 10.6. The minimum Gasteiger partial charge on any atom is -0.466 e. The van der Waals surface area contributed by atoms with Crippen molar-refractivity contribution in [2.45, 2.75) is 184 Å². The Hall–Kier alpha value is -0.130. The Morgan fingerprint density at radius 1 is 0.825 bits per heavy atom. The van der Waals surface area contributed by atoms with Crippen molar-refractivity contribution in [3.05, 3.63) is 11.6 Å². The van der Waals surface area contributed by atoms with E-state index in [0.29, 0.717) is 18.3 Å². The van der Waals surface area contributed by atoms with Gasteiger partial charge in [0.25, 0.3) is 0 Å². The largest absolute Gasteiger partial charge is 0.466 e. The van der Waals surface area contributed by atoms with E-state index in [2.05, 4.69) is 54.5 Å². The average molecular weight is 595 g/mol. The molecule has 1 aliphatic carbocycles. The minimum absolute atomic E-state index is 0.00958. The third-order valence-electron chi connectivity index (χ3n) is 9.52. The Balaban J connectivity index is 1.23. The van der Waals surface area contributed by atoms with Crippen LogP contribution in [0.3, 0.4) is 0 Å². The highest BCUT2D eigenvalue weighted by atomic mass is 32.2. The van der Waals surface area contributed by atoms with Crippen molar-refractivity contribution >= 4 is 29.5 Å². The first-order valence-electron chi connectivity index (χ1n) is 16.8. The van der Waals surface area contributed by atoms with Crippen molar-refractivity contribution in [3.63, 3.8) is 0 Å². The van der Waals surface area contributed by atoms with Crippen LogP contribution in [0.25, 0.3) is 0 Å². The van der Waals surface area contributed by atoms with Gasteiger partial charge in [0.05, 0.1) is 11.4 Å². The monoisotopic (exact) mass is 594 g/mol. The number of hydrogen-bond donors (Lipinski definition) is 1. The number of carbonyl (C=O) groups is 1. The Labute approximate surface area is 256 Å². The molecule has 5 heteroatoms. The summed E-state index contributed by atoms with van der Waals surface area (Å²) in [5.74, 6) is -0.0543. The maximum absolute atomic E-state index is 12.6. The molecule has 3 rings (SSSR count). The minimum atomic E-state index is -0.769. The summed E-state index contributed by atoms with van der Waals surface area (Å²) in [5, 5.41) is 12.1. The Bertz CT molecular complexity index is 841. The number of hydrogen-bond acceptors (Lipinski definition) is 5. The molecule has 2 heterocycles. The number of fused-ring (bicyclic) bond motifs is 3. The highest BCUT2D eigenvalue weighted by Crippen LogP contribution is 2.87. The van der Waals surface area contributed by atoms with Crippen molar-refractivity contribution < 1.29 is 14.6 Å². The summed E-state index contributed by atoms with van der Waals surface area (Å²) in [6.45, 7) is 16.3. The fourth-order valence-electron chi connectivity index (χ4n) is 7.01. The van der Waals surface area contributed by atoms with Gasteiger partial charge in [-0.3, -0.25) is 4.79 Å². The van der Waals surface area contributed by atoms with Crippen molar-refractivity contribution in [1.29, 1.82) is 0 Å². The fourth-order valence-corrected chi connectivity index (χ4v) is 11.3. The molecule has 232 valence electrons. The van der Waals surface area contributed by atoms with E-state index in [1.165, 1.54) is 89.9 Å². The normalized spacial score (nSPS) is 29.0. The molecule has 40 heavy (non-hydrogen) atoms. The van der Waals surface area contributed by atoms with Gasteiger partial charge in [-0.1, -0.05) is 151 Å². The van der Waals surface area contributed by atoms with Gasteiger partial charge in [-0.25, -0.2) is 0 Å². The lowest BCUT2D eigenvalue weighted by Gasteiger charge is -2.40. The quantitative estimate of drug-likeness (QED) is 0.0657.